The summed E-state index contributed by atoms with van der Waals surface area (Å²) < 4.78 is 12.6. The molecular weight excluding hydrogens is 292 g/mol. The summed E-state index contributed by atoms with van der Waals surface area (Å²) in [5.41, 5.74) is 2.09. The van der Waals surface area contributed by atoms with Gasteiger partial charge in [-0.05, 0) is 24.1 Å². The summed E-state index contributed by atoms with van der Waals surface area (Å²) in [5.74, 6) is 0.512. The molecule has 0 spiro atoms. The minimum atomic E-state index is -1.15. The Morgan fingerprint density at radius 1 is 1.50 bits per heavy atom. The molecule has 0 aromatic heterocycles. The predicted molar refractivity (Wildman–Crippen MR) is 68.7 cm³/mol. The van der Waals surface area contributed by atoms with Crippen molar-refractivity contribution >= 4 is 26.7 Å². The van der Waals surface area contributed by atoms with Crippen LogP contribution in [0.4, 0.5) is 0 Å². The average molecular weight is 307 g/mol. The van der Waals surface area contributed by atoms with Crippen LogP contribution in [0.15, 0.2) is 22.7 Å². The van der Waals surface area contributed by atoms with E-state index in [4.69, 9.17) is 10.2 Å². The van der Waals surface area contributed by atoms with E-state index in [1.54, 1.807) is 0 Å². The number of hydrogen-bond donors (Lipinski definition) is 2. The van der Waals surface area contributed by atoms with Crippen LogP contribution in [-0.2, 0) is 16.6 Å². The van der Waals surface area contributed by atoms with Crippen LogP contribution in [0.1, 0.15) is 11.1 Å². The Kier molecular flexibility index (Phi) is 5.61. The summed E-state index contributed by atoms with van der Waals surface area (Å²) in [6, 6.07) is 5.81. The Bertz CT molecular complexity index is 381. The molecule has 0 radical (unpaired) electrons. The molecule has 2 N–H and O–H groups in total. The van der Waals surface area contributed by atoms with Crippen LogP contribution in [0.3, 0.4) is 0 Å². The molecule has 16 heavy (non-hydrogen) atoms. The van der Waals surface area contributed by atoms with Gasteiger partial charge < -0.3 is 10.2 Å². The normalized spacial score (nSPS) is 14.8. The van der Waals surface area contributed by atoms with Crippen LogP contribution in [0, 0.1) is 6.92 Å². The van der Waals surface area contributed by atoms with Crippen molar-refractivity contribution in [1.82, 2.24) is 0 Å². The van der Waals surface area contributed by atoms with Gasteiger partial charge in [0.15, 0.2) is 0 Å². The van der Waals surface area contributed by atoms with Crippen molar-refractivity contribution < 1.29 is 14.4 Å². The van der Waals surface area contributed by atoms with Gasteiger partial charge in [-0.15, -0.1) is 0 Å². The predicted octanol–water partition coefficient (Wildman–Crippen LogP) is 1.36. The molecule has 0 aliphatic rings. The Balaban J connectivity index is 2.59. The first-order chi connectivity index (χ1) is 7.52. The Labute approximate surface area is 106 Å². The summed E-state index contributed by atoms with van der Waals surface area (Å²) in [7, 11) is -1.15. The summed E-state index contributed by atoms with van der Waals surface area (Å²) in [4.78, 5) is 0. The quantitative estimate of drug-likeness (QED) is 0.863. The van der Waals surface area contributed by atoms with Crippen LogP contribution in [-0.4, -0.2) is 32.9 Å². The SMILES string of the molecule is Cc1ccc(CS(=O)CC(O)CO)cc1Br. The zero-order valence-electron chi connectivity index (χ0n) is 9.02. The van der Waals surface area contributed by atoms with Crippen LogP contribution < -0.4 is 0 Å². The van der Waals surface area contributed by atoms with Crippen molar-refractivity contribution in [3.05, 3.63) is 33.8 Å². The van der Waals surface area contributed by atoms with Gasteiger partial charge >= 0.3 is 0 Å². The van der Waals surface area contributed by atoms with Gasteiger partial charge in [-0.2, -0.15) is 0 Å². The van der Waals surface area contributed by atoms with E-state index in [0.717, 1.165) is 15.6 Å². The van der Waals surface area contributed by atoms with Gasteiger partial charge in [0.1, 0.15) is 0 Å². The molecule has 0 bridgehead atoms. The van der Waals surface area contributed by atoms with Crippen molar-refractivity contribution in [2.45, 2.75) is 18.8 Å². The second kappa shape index (κ2) is 6.49. The Morgan fingerprint density at radius 2 is 2.19 bits per heavy atom. The van der Waals surface area contributed by atoms with Crippen LogP contribution in [0.25, 0.3) is 0 Å². The molecule has 1 rings (SSSR count). The van der Waals surface area contributed by atoms with E-state index in [2.05, 4.69) is 15.9 Å². The van der Waals surface area contributed by atoms with E-state index in [0.29, 0.717) is 5.75 Å². The number of aliphatic hydroxyl groups is 2. The maximum Gasteiger partial charge on any atom is 0.0885 e. The average Bonchev–Trinajstić information content (AvgIpc) is 2.23. The monoisotopic (exact) mass is 306 g/mol. The standard InChI is InChI=1S/C11H15BrO3S/c1-8-2-3-9(4-11(8)12)6-16(15)7-10(14)5-13/h2-4,10,13-14H,5-7H2,1H3. The third kappa shape index (κ3) is 4.33. The summed E-state index contributed by atoms with van der Waals surface area (Å²) in [6.07, 6.45) is -0.894. The molecule has 0 aliphatic carbocycles. The van der Waals surface area contributed by atoms with Gasteiger partial charge in [0.25, 0.3) is 0 Å². The number of aryl methyl sites for hydroxylation is 1. The van der Waals surface area contributed by atoms with E-state index >= 15 is 0 Å². The topological polar surface area (TPSA) is 57.5 Å². The van der Waals surface area contributed by atoms with Gasteiger partial charge in [-0.25, -0.2) is 0 Å². The Hall–Kier alpha value is -0.230. The smallest absolute Gasteiger partial charge is 0.0885 e. The molecule has 1 aromatic rings. The summed E-state index contributed by atoms with van der Waals surface area (Å²) in [5, 5.41) is 17.8. The highest BCUT2D eigenvalue weighted by Gasteiger charge is 2.09. The number of rotatable bonds is 5. The lowest BCUT2D eigenvalue weighted by Crippen LogP contribution is -2.21. The highest BCUT2D eigenvalue weighted by atomic mass is 79.9. The molecule has 3 nitrogen and oxygen atoms in total. The van der Waals surface area contributed by atoms with Crippen molar-refractivity contribution in [1.29, 1.82) is 0 Å². The molecule has 0 amide bonds. The van der Waals surface area contributed by atoms with Gasteiger partial charge in [-0.3, -0.25) is 4.21 Å². The van der Waals surface area contributed by atoms with Gasteiger partial charge in [0.2, 0.25) is 0 Å². The van der Waals surface area contributed by atoms with Crippen LogP contribution in [0.2, 0.25) is 0 Å². The van der Waals surface area contributed by atoms with Gasteiger partial charge in [0.05, 0.1) is 18.5 Å². The summed E-state index contributed by atoms with van der Waals surface area (Å²) >= 11 is 3.41. The molecule has 0 aliphatic heterocycles. The number of benzene rings is 1. The van der Waals surface area contributed by atoms with Crippen molar-refractivity contribution in [3.63, 3.8) is 0 Å². The zero-order valence-corrected chi connectivity index (χ0v) is 11.4. The van der Waals surface area contributed by atoms with Crippen molar-refractivity contribution in [3.8, 4) is 0 Å². The van der Waals surface area contributed by atoms with Crippen molar-refractivity contribution in [2.24, 2.45) is 0 Å². The number of hydrogen-bond acceptors (Lipinski definition) is 3. The highest BCUT2D eigenvalue weighted by molar-refractivity contribution is 9.10. The van der Waals surface area contributed by atoms with Gasteiger partial charge in [-0.1, -0.05) is 28.1 Å². The van der Waals surface area contributed by atoms with E-state index < -0.39 is 16.9 Å². The molecular formula is C11H15BrO3S. The molecule has 0 fully saturated rings. The van der Waals surface area contributed by atoms with Crippen LogP contribution in [0.5, 0.6) is 0 Å². The maximum atomic E-state index is 11.6. The van der Waals surface area contributed by atoms with Gasteiger partial charge in [0, 0.05) is 21.0 Å². The van der Waals surface area contributed by atoms with Crippen molar-refractivity contribution in [2.75, 3.05) is 12.4 Å². The second-order valence-corrected chi connectivity index (χ2v) is 6.03. The largest absolute Gasteiger partial charge is 0.394 e. The third-order valence-electron chi connectivity index (χ3n) is 2.15. The first kappa shape index (κ1) is 13.8. The first-order valence-corrected chi connectivity index (χ1v) is 7.20. The minimum Gasteiger partial charge on any atom is -0.394 e. The first-order valence-electron chi connectivity index (χ1n) is 4.92. The highest BCUT2D eigenvalue weighted by Crippen LogP contribution is 2.18. The number of halogens is 1. The van der Waals surface area contributed by atoms with Crippen LogP contribution >= 0.6 is 15.9 Å². The molecule has 2 unspecified atom stereocenters. The zero-order chi connectivity index (χ0) is 12.1. The lowest BCUT2D eigenvalue weighted by molar-refractivity contribution is 0.113. The lowest BCUT2D eigenvalue weighted by Gasteiger charge is -2.07. The fourth-order valence-electron chi connectivity index (χ4n) is 1.24. The molecule has 1 aromatic carbocycles. The maximum absolute atomic E-state index is 11.6. The molecule has 90 valence electrons. The van der Waals surface area contributed by atoms with E-state index in [-0.39, 0.29) is 12.4 Å². The molecule has 0 saturated heterocycles. The minimum absolute atomic E-state index is 0.113. The third-order valence-corrected chi connectivity index (χ3v) is 4.42. The molecule has 0 heterocycles. The van der Waals surface area contributed by atoms with E-state index in [1.165, 1.54) is 0 Å². The summed E-state index contributed by atoms with van der Waals surface area (Å²) in [6.45, 7) is 1.64. The number of aliphatic hydroxyl groups excluding tert-OH is 2. The molecule has 0 saturated carbocycles. The second-order valence-electron chi connectivity index (χ2n) is 3.67. The molecule has 5 heteroatoms. The lowest BCUT2D eigenvalue weighted by atomic mass is 10.2. The fraction of sp³-hybridized carbons (Fsp3) is 0.455. The Morgan fingerprint density at radius 3 is 2.75 bits per heavy atom. The van der Waals surface area contributed by atoms with E-state index in [9.17, 15) is 4.21 Å². The fourth-order valence-corrected chi connectivity index (χ4v) is 2.87. The van der Waals surface area contributed by atoms with E-state index in [1.807, 2.05) is 25.1 Å². The molecule has 2 atom stereocenters.